The van der Waals surface area contributed by atoms with Gasteiger partial charge in [0, 0.05) is 12.6 Å². The lowest BCUT2D eigenvalue weighted by molar-refractivity contribution is -0.871. The summed E-state index contributed by atoms with van der Waals surface area (Å²) in [6, 6.07) is 7.64. The van der Waals surface area contributed by atoms with Crippen LogP contribution in [0.4, 0.5) is 0 Å². The van der Waals surface area contributed by atoms with Crippen molar-refractivity contribution in [2.75, 3.05) is 47.4 Å². The van der Waals surface area contributed by atoms with Gasteiger partial charge in [-0.1, -0.05) is 38.8 Å². The smallest absolute Gasteiger partial charge is 0.305 e. The van der Waals surface area contributed by atoms with Crippen molar-refractivity contribution < 1.29 is 23.9 Å². The minimum atomic E-state index is -0.813. The van der Waals surface area contributed by atoms with Gasteiger partial charge in [-0.2, -0.15) is 0 Å². The molecule has 7 nitrogen and oxygen atoms in total. The highest BCUT2D eigenvalue weighted by atomic mass is 16.5. The molecule has 0 aromatic heterocycles. The van der Waals surface area contributed by atoms with Gasteiger partial charge in [-0.15, -0.1) is 0 Å². The van der Waals surface area contributed by atoms with E-state index >= 15 is 0 Å². The van der Waals surface area contributed by atoms with E-state index in [1.807, 2.05) is 45.4 Å². The van der Waals surface area contributed by atoms with Crippen molar-refractivity contribution in [2.45, 2.75) is 57.9 Å². The van der Waals surface area contributed by atoms with E-state index in [9.17, 15) is 4.79 Å². The molecule has 0 aliphatic carbocycles. The van der Waals surface area contributed by atoms with Crippen molar-refractivity contribution in [3.05, 3.63) is 36.7 Å². The van der Waals surface area contributed by atoms with Gasteiger partial charge in [0.25, 0.3) is 0 Å². The SMILES string of the molecule is C=C(NCCCCOc1cccc(OCCCCCC)c1)N[C@H](CC(=O)O)C[N+](C)(C)C. The summed E-state index contributed by atoms with van der Waals surface area (Å²) >= 11 is 0. The molecule has 0 aliphatic heterocycles. The molecule has 7 heteroatoms. The Bertz CT molecular complexity index is 673. The maximum atomic E-state index is 11.1. The van der Waals surface area contributed by atoms with Gasteiger partial charge in [-0.3, -0.25) is 4.79 Å². The molecule has 1 aromatic carbocycles. The van der Waals surface area contributed by atoms with Crippen LogP contribution in [-0.4, -0.2) is 69.0 Å². The molecule has 0 radical (unpaired) electrons. The van der Waals surface area contributed by atoms with Crippen LogP contribution >= 0.6 is 0 Å². The molecule has 0 aliphatic rings. The summed E-state index contributed by atoms with van der Waals surface area (Å²) in [6.45, 7) is 9.01. The third-order valence-corrected chi connectivity index (χ3v) is 4.82. The second kappa shape index (κ2) is 15.4. The van der Waals surface area contributed by atoms with E-state index in [-0.39, 0.29) is 12.5 Å². The van der Waals surface area contributed by atoms with Crippen LogP contribution in [0.15, 0.2) is 36.7 Å². The van der Waals surface area contributed by atoms with Gasteiger partial charge in [-0.25, -0.2) is 0 Å². The maximum absolute atomic E-state index is 11.1. The first-order valence-electron chi connectivity index (χ1n) is 11.8. The van der Waals surface area contributed by atoms with Crippen LogP contribution in [0.2, 0.25) is 0 Å². The lowest BCUT2D eigenvalue weighted by Gasteiger charge is -2.30. The highest BCUT2D eigenvalue weighted by molar-refractivity contribution is 5.67. The van der Waals surface area contributed by atoms with Crippen molar-refractivity contribution in [3.63, 3.8) is 0 Å². The van der Waals surface area contributed by atoms with Gasteiger partial charge >= 0.3 is 5.97 Å². The van der Waals surface area contributed by atoms with Crippen LogP contribution in [-0.2, 0) is 4.79 Å². The molecule has 182 valence electrons. The highest BCUT2D eigenvalue weighted by Gasteiger charge is 2.21. The molecular formula is C25H44N3O4+. The number of hydrogen-bond acceptors (Lipinski definition) is 5. The summed E-state index contributed by atoms with van der Waals surface area (Å²) in [4.78, 5) is 11.1. The van der Waals surface area contributed by atoms with E-state index in [1.165, 1.54) is 19.3 Å². The van der Waals surface area contributed by atoms with Crippen molar-refractivity contribution in [3.8, 4) is 11.5 Å². The average Bonchev–Trinajstić information content (AvgIpc) is 2.69. The molecule has 0 spiro atoms. The molecule has 1 atom stereocenters. The summed E-state index contributed by atoms with van der Waals surface area (Å²) in [5.41, 5.74) is 0. The van der Waals surface area contributed by atoms with Crippen molar-refractivity contribution in [1.29, 1.82) is 0 Å². The van der Waals surface area contributed by atoms with Crippen molar-refractivity contribution in [2.24, 2.45) is 0 Å². The average molecular weight is 451 g/mol. The number of aliphatic carboxylic acids is 1. The predicted molar refractivity (Wildman–Crippen MR) is 130 cm³/mol. The number of carboxylic acids is 1. The molecule has 0 saturated heterocycles. The largest absolute Gasteiger partial charge is 0.493 e. The van der Waals surface area contributed by atoms with Gasteiger partial charge in [0.2, 0.25) is 0 Å². The number of likely N-dealkylation sites (N-methyl/N-ethyl adjacent to an activating group) is 1. The van der Waals surface area contributed by atoms with Gasteiger partial charge in [0.05, 0.1) is 59.2 Å². The number of rotatable bonds is 19. The molecule has 0 fully saturated rings. The fourth-order valence-electron chi connectivity index (χ4n) is 3.36. The van der Waals surface area contributed by atoms with Crippen LogP contribution in [0, 0.1) is 0 Å². The van der Waals surface area contributed by atoms with E-state index in [2.05, 4.69) is 24.1 Å². The number of carbonyl (C=O) groups is 1. The first kappa shape index (κ1) is 27.6. The van der Waals surface area contributed by atoms with Gasteiger partial charge in [-0.05, 0) is 31.4 Å². The zero-order valence-corrected chi connectivity index (χ0v) is 20.5. The van der Waals surface area contributed by atoms with Crippen LogP contribution in [0.1, 0.15) is 51.9 Å². The first-order valence-corrected chi connectivity index (χ1v) is 11.8. The molecule has 3 N–H and O–H groups in total. The standard InChI is InChI=1S/C25H43N3O4/c1-6-7-8-10-16-31-23-13-12-14-24(19-23)32-17-11-9-15-26-21(2)27-22(18-25(29)30)20-28(3,4)5/h12-14,19,22,26-27H,2,6-11,15-18,20H2,1,3-5H3/p+1/t22-/m1/s1. The second-order valence-electron chi connectivity index (χ2n) is 9.26. The third kappa shape index (κ3) is 14.6. The van der Waals surface area contributed by atoms with Crippen LogP contribution in [0.5, 0.6) is 11.5 Å². The van der Waals surface area contributed by atoms with E-state index in [0.717, 1.165) is 43.9 Å². The lowest BCUT2D eigenvalue weighted by Crippen LogP contribution is -2.49. The second-order valence-corrected chi connectivity index (χ2v) is 9.26. The van der Waals surface area contributed by atoms with Crippen LogP contribution < -0.4 is 20.1 Å². The molecule has 1 rings (SSSR count). The number of unbranched alkanes of at least 4 members (excludes halogenated alkanes) is 4. The molecule has 0 heterocycles. The Morgan fingerprint density at radius 3 is 2.25 bits per heavy atom. The molecule has 0 bridgehead atoms. The van der Waals surface area contributed by atoms with Crippen molar-refractivity contribution >= 4 is 5.97 Å². The quantitative estimate of drug-likeness (QED) is 0.218. The van der Waals surface area contributed by atoms with Crippen LogP contribution in [0.3, 0.4) is 0 Å². The minimum Gasteiger partial charge on any atom is -0.493 e. The lowest BCUT2D eigenvalue weighted by atomic mass is 10.2. The summed E-state index contributed by atoms with van der Waals surface area (Å²) < 4.78 is 12.3. The topological polar surface area (TPSA) is 79.8 Å². The number of nitrogens with one attached hydrogen (secondary N) is 2. The monoisotopic (exact) mass is 450 g/mol. The van der Waals surface area contributed by atoms with E-state index < -0.39 is 5.97 Å². The van der Waals surface area contributed by atoms with Crippen LogP contribution in [0.25, 0.3) is 0 Å². The normalized spacial score (nSPS) is 12.1. The number of nitrogens with zero attached hydrogens (tertiary/aromatic N) is 1. The number of benzene rings is 1. The molecule has 0 amide bonds. The Morgan fingerprint density at radius 2 is 1.69 bits per heavy atom. The molecule has 1 aromatic rings. The molecule has 0 saturated carbocycles. The highest BCUT2D eigenvalue weighted by Crippen LogP contribution is 2.20. The van der Waals surface area contributed by atoms with Gasteiger partial charge in [0.1, 0.15) is 11.5 Å². The zero-order valence-electron chi connectivity index (χ0n) is 20.5. The third-order valence-electron chi connectivity index (χ3n) is 4.82. The van der Waals surface area contributed by atoms with E-state index in [4.69, 9.17) is 14.6 Å². The first-order chi connectivity index (χ1) is 15.2. The minimum absolute atomic E-state index is 0.0611. The van der Waals surface area contributed by atoms with Gasteiger partial charge < -0.3 is 29.7 Å². The van der Waals surface area contributed by atoms with E-state index in [0.29, 0.717) is 23.5 Å². The Labute approximate surface area is 194 Å². The molecular weight excluding hydrogens is 406 g/mol. The summed E-state index contributed by atoms with van der Waals surface area (Å²) in [5, 5.41) is 15.6. The Hall–Kier alpha value is -2.41. The fourth-order valence-corrected chi connectivity index (χ4v) is 3.36. The van der Waals surface area contributed by atoms with E-state index in [1.54, 1.807) is 0 Å². The summed E-state index contributed by atoms with van der Waals surface area (Å²) in [5.74, 6) is 1.53. The fraction of sp³-hybridized carbons (Fsp3) is 0.640. The Kier molecular flexibility index (Phi) is 13.3. The zero-order chi connectivity index (χ0) is 23.8. The number of carboxylic acid groups (broad SMARTS) is 1. The summed E-state index contributed by atoms with van der Waals surface area (Å²) in [6.07, 6.45) is 6.66. The Balaban J connectivity index is 2.22. The van der Waals surface area contributed by atoms with Crippen molar-refractivity contribution in [1.82, 2.24) is 10.6 Å². The number of ether oxygens (including phenoxy) is 2. The summed E-state index contributed by atoms with van der Waals surface area (Å²) in [7, 11) is 6.13. The Morgan fingerprint density at radius 1 is 1.06 bits per heavy atom. The molecule has 32 heavy (non-hydrogen) atoms. The molecule has 0 unspecified atom stereocenters. The van der Waals surface area contributed by atoms with Gasteiger partial charge in [0.15, 0.2) is 0 Å². The maximum Gasteiger partial charge on any atom is 0.305 e. The number of hydrogen-bond donors (Lipinski definition) is 3. The number of quaternary nitrogens is 1. The predicted octanol–water partition coefficient (Wildman–Crippen LogP) is 4.00.